The molecule has 1 aliphatic rings. The maximum absolute atomic E-state index is 6.35. The maximum atomic E-state index is 6.35. The molecule has 0 bridgehead atoms. The van der Waals surface area contributed by atoms with Crippen LogP contribution in [0.1, 0.15) is 29.2 Å². The predicted molar refractivity (Wildman–Crippen MR) is 81.6 cm³/mol. The van der Waals surface area contributed by atoms with Crippen LogP contribution in [0.25, 0.3) is 0 Å². The maximum Gasteiger partial charge on any atom is 0.0771 e. The van der Waals surface area contributed by atoms with E-state index < -0.39 is 0 Å². The first-order chi connectivity index (χ1) is 9.84. The van der Waals surface area contributed by atoms with Crippen LogP contribution in [0, 0.1) is 0 Å². The molecule has 2 aromatic rings. The summed E-state index contributed by atoms with van der Waals surface area (Å²) in [7, 11) is 0. The van der Waals surface area contributed by atoms with Gasteiger partial charge in [-0.15, -0.1) is 0 Å². The number of fused-ring (bicyclic) bond motifs is 1. The van der Waals surface area contributed by atoms with Gasteiger partial charge in [-0.3, -0.25) is 0 Å². The molecule has 2 nitrogen and oxygen atoms in total. The molecule has 2 unspecified atom stereocenters. The summed E-state index contributed by atoms with van der Waals surface area (Å²) < 4.78 is 6.03. The number of nitrogens with two attached hydrogens (primary N) is 1. The molecular weight excluding hydrogens is 246 g/mol. The Hall–Kier alpha value is -1.64. The van der Waals surface area contributed by atoms with Crippen LogP contribution >= 0.6 is 0 Å². The molecule has 3 rings (SSSR count). The molecule has 0 spiro atoms. The van der Waals surface area contributed by atoms with E-state index in [4.69, 9.17) is 10.5 Å². The molecule has 0 fully saturated rings. The number of benzene rings is 2. The molecule has 2 heteroatoms. The van der Waals surface area contributed by atoms with Crippen LogP contribution in [-0.2, 0) is 17.6 Å². The average molecular weight is 267 g/mol. The van der Waals surface area contributed by atoms with E-state index in [0.29, 0.717) is 0 Å². The quantitative estimate of drug-likeness (QED) is 0.923. The standard InChI is InChI=1S/C18H21NO/c19-18-16-9-5-4-8-15(16)10-11-17(18)20-13-12-14-6-2-1-3-7-14/h1-9,17-18H,10-13,19H2. The largest absolute Gasteiger partial charge is 0.376 e. The van der Waals surface area contributed by atoms with Gasteiger partial charge in [0.05, 0.1) is 18.8 Å². The third-order valence-electron chi connectivity index (χ3n) is 4.08. The first-order valence-corrected chi connectivity index (χ1v) is 7.33. The molecule has 20 heavy (non-hydrogen) atoms. The van der Waals surface area contributed by atoms with E-state index in [-0.39, 0.29) is 12.1 Å². The zero-order valence-corrected chi connectivity index (χ0v) is 11.7. The molecule has 2 N–H and O–H groups in total. The van der Waals surface area contributed by atoms with Gasteiger partial charge in [0.1, 0.15) is 0 Å². The molecule has 0 saturated heterocycles. The van der Waals surface area contributed by atoms with Crippen molar-refractivity contribution in [2.75, 3.05) is 6.61 Å². The summed E-state index contributed by atoms with van der Waals surface area (Å²) in [6.45, 7) is 0.741. The average Bonchev–Trinajstić information content (AvgIpc) is 2.51. The van der Waals surface area contributed by atoms with Crippen molar-refractivity contribution in [3.8, 4) is 0 Å². The Morgan fingerprint density at radius 2 is 1.75 bits per heavy atom. The lowest BCUT2D eigenvalue weighted by molar-refractivity contribution is 0.0270. The van der Waals surface area contributed by atoms with Gasteiger partial charge in [0.25, 0.3) is 0 Å². The first kappa shape index (κ1) is 13.3. The van der Waals surface area contributed by atoms with E-state index in [9.17, 15) is 0 Å². The number of hydrogen-bond donors (Lipinski definition) is 1. The second-order valence-electron chi connectivity index (χ2n) is 5.41. The van der Waals surface area contributed by atoms with Crippen molar-refractivity contribution < 1.29 is 4.74 Å². The lowest BCUT2D eigenvalue weighted by atomic mass is 9.86. The van der Waals surface area contributed by atoms with Crippen LogP contribution in [-0.4, -0.2) is 12.7 Å². The number of ether oxygens (including phenoxy) is 1. The third kappa shape index (κ3) is 2.92. The molecule has 0 radical (unpaired) electrons. The Morgan fingerprint density at radius 1 is 1.00 bits per heavy atom. The highest BCUT2D eigenvalue weighted by atomic mass is 16.5. The lowest BCUT2D eigenvalue weighted by Gasteiger charge is -2.31. The van der Waals surface area contributed by atoms with Crippen LogP contribution in [0.15, 0.2) is 54.6 Å². The fraction of sp³-hybridized carbons (Fsp3) is 0.333. The molecule has 0 aliphatic heterocycles. The molecule has 0 saturated carbocycles. The summed E-state index contributed by atoms with van der Waals surface area (Å²) in [5, 5.41) is 0. The zero-order chi connectivity index (χ0) is 13.8. The second kappa shape index (κ2) is 6.21. The minimum atomic E-state index is 0.00993. The first-order valence-electron chi connectivity index (χ1n) is 7.33. The summed E-state index contributed by atoms with van der Waals surface area (Å²) in [4.78, 5) is 0. The van der Waals surface area contributed by atoms with E-state index in [1.54, 1.807) is 0 Å². The molecular formula is C18H21NO. The van der Waals surface area contributed by atoms with Crippen molar-refractivity contribution in [3.63, 3.8) is 0 Å². The SMILES string of the molecule is NC1c2ccccc2CCC1OCCc1ccccc1. The summed E-state index contributed by atoms with van der Waals surface area (Å²) in [5.41, 5.74) is 10.3. The van der Waals surface area contributed by atoms with Crippen LogP contribution in [0.4, 0.5) is 0 Å². The molecule has 0 heterocycles. The van der Waals surface area contributed by atoms with Crippen LogP contribution in [0.2, 0.25) is 0 Å². The topological polar surface area (TPSA) is 35.2 Å². The minimum Gasteiger partial charge on any atom is -0.376 e. The molecule has 2 atom stereocenters. The third-order valence-corrected chi connectivity index (χ3v) is 4.08. The molecule has 2 aromatic carbocycles. The summed E-state index contributed by atoms with van der Waals surface area (Å²) in [6.07, 6.45) is 3.19. The molecule has 104 valence electrons. The highest BCUT2D eigenvalue weighted by Crippen LogP contribution is 2.29. The van der Waals surface area contributed by atoms with Gasteiger partial charge < -0.3 is 10.5 Å². The Morgan fingerprint density at radius 3 is 2.60 bits per heavy atom. The zero-order valence-electron chi connectivity index (χ0n) is 11.7. The summed E-state index contributed by atoms with van der Waals surface area (Å²) in [5.74, 6) is 0. The Kier molecular flexibility index (Phi) is 4.14. The number of aryl methyl sites for hydroxylation is 1. The van der Waals surface area contributed by atoms with Gasteiger partial charge in [0, 0.05) is 0 Å². The van der Waals surface area contributed by atoms with E-state index in [1.807, 2.05) is 6.07 Å². The van der Waals surface area contributed by atoms with E-state index in [2.05, 4.69) is 48.5 Å². The predicted octanol–water partition coefficient (Wildman–Crippen LogP) is 3.26. The van der Waals surface area contributed by atoms with E-state index >= 15 is 0 Å². The van der Waals surface area contributed by atoms with Gasteiger partial charge in [0.15, 0.2) is 0 Å². The molecule has 0 aromatic heterocycles. The van der Waals surface area contributed by atoms with Gasteiger partial charge in [-0.2, -0.15) is 0 Å². The normalized spacial score (nSPS) is 21.4. The molecule has 0 amide bonds. The Balaban J connectivity index is 1.57. The van der Waals surface area contributed by atoms with Gasteiger partial charge in [-0.25, -0.2) is 0 Å². The van der Waals surface area contributed by atoms with Gasteiger partial charge >= 0.3 is 0 Å². The minimum absolute atomic E-state index is 0.00993. The van der Waals surface area contributed by atoms with Crippen LogP contribution in [0.3, 0.4) is 0 Å². The second-order valence-corrected chi connectivity index (χ2v) is 5.41. The van der Waals surface area contributed by atoms with Gasteiger partial charge in [-0.1, -0.05) is 54.6 Å². The van der Waals surface area contributed by atoms with Crippen LogP contribution < -0.4 is 5.73 Å². The Labute approximate surface area is 120 Å². The smallest absolute Gasteiger partial charge is 0.0771 e. The van der Waals surface area contributed by atoms with Crippen molar-refractivity contribution in [2.24, 2.45) is 5.73 Å². The summed E-state index contributed by atoms with van der Waals surface area (Å²) >= 11 is 0. The van der Waals surface area contributed by atoms with Gasteiger partial charge in [-0.05, 0) is 36.0 Å². The highest BCUT2D eigenvalue weighted by molar-refractivity contribution is 5.33. The lowest BCUT2D eigenvalue weighted by Crippen LogP contribution is -2.34. The van der Waals surface area contributed by atoms with E-state index in [0.717, 1.165) is 25.9 Å². The number of rotatable bonds is 4. The molecule has 1 aliphatic carbocycles. The fourth-order valence-electron chi connectivity index (χ4n) is 2.92. The van der Waals surface area contributed by atoms with Gasteiger partial charge in [0.2, 0.25) is 0 Å². The van der Waals surface area contributed by atoms with Crippen molar-refractivity contribution >= 4 is 0 Å². The van der Waals surface area contributed by atoms with Crippen molar-refractivity contribution in [2.45, 2.75) is 31.4 Å². The highest BCUT2D eigenvalue weighted by Gasteiger charge is 2.26. The van der Waals surface area contributed by atoms with E-state index in [1.165, 1.54) is 16.7 Å². The fourth-order valence-corrected chi connectivity index (χ4v) is 2.92. The van der Waals surface area contributed by atoms with Crippen molar-refractivity contribution in [1.29, 1.82) is 0 Å². The summed E-state index contributed by atoms with van der Waals surface area (Å²) in [6, 6.07) is 18.9. The Bertz CT molecular complexity index is 552. The van der Waals surface area contributed by atoms with Crippen molar-refractivity contribution in [1.82, 2.24) is 0 Å². The van der Waals surface area contributed by atoms with Crippen molar-refractivity contribution in [3.05, 3.63) is 71.3 Å². The monoisotopic (exact) mass is 267 g/mol. The van der Waals surface area contributed by atoms with Crippen LogP contribution in [0.5, 0.6) is 0 Å². The number of hydrogen-bond acceptors (Lipinski definition) is 2.